The first-order valence-corrected chi connectivity index (χ1v) is 11.1. The van der Waals surface area contributed by atoms with Gasteiger partial charge in [0, 0.05) is 25.7 Å². The Morgan fingerprint density at radius 1 is 1.25 bits per heavy atom. The minimum atomic E-state index is -3.05. The minimum Gasteiger partial charge on any atom is -0.379 e. The van der Waals surface area contributed by atoms with Gasteiger partial charge in [-0.3, -0.25) is 9.69 Å². The molecule has 24 heavy (non-hydrogen) atoms. The molecule has 2 heterocycles. The predicted molar refractivity (Wildman–Crippen MR) is 94.6 cm³/mol. The number of carbonyl (C=O) groups is 1. The monoisotopic (exact) mass is 360 g/mol. The zero-order valence-corrected chi connectivity index (χ0v) is 15.8. The third-order valence-electron chi connectivity index (χ3n) is 5.43. The van der Waals surface area contributed by atoms with Gasteiger partial charge in [-0.2, -0.15) is 0 Å². The normalized spacial score (nSPS) is 26.2. The molecule has 0 aromatic carbocycles. The first-order valence-electron chi connectivity index (χ1n) is 9.26. The van der Waals surface area contributed by atoms with E-state index >= 15 is 0 Å². The van der Waals surface area contributed by atoms with E-state index in [1.165, 1.54) is 0 Å². The highest BCUT2D eigenvalue weighted by Crippen LogP contribution is 2.21. The van der Waals surface area contributed by atoms with E-state index in [4.69, 9.17) is 4.74 Å². The average molecular weight is 361 g/mol. The van der Waals surface area contributed by atoms with Crippen molar-refractivity contribution in [2.24, 2.45) is 11.8 Å². The van der Waals surface area contributed by atoms with Crippen molar-refractivity contribution in [3.05, 3.63) is 0 Å². The molecule has 2 aliphatic rings. The van der Waals surface area contributed by atoms with Crippen molar-refractivity contribution in [3.8, 4) is 0 Å². The molecule has 2 saturated heterocycles. The average Bonchev–Trinajstić information content (AvgIpc) is 2.58. The standard InChI is InChI=1S/C17H32N2O4S/c1-3-14(4-2)16(19-7-9-23-10-8-19)12-18-17(20)15-6-5-11-24(21,22)13-15/h14-16H,3-13H2,1-2H3,(H,18,20). The molecule has 1 amide bonds. The van der Waals surface area contributed by atoms with E-state index < -0.39 is 9.84 Å². The van der Waals surface area contributed by atoms with Crippen LogP contribution in [-0.4, -0.2) is 69.6 Å². The zero-order chi connectivity index (χ0) is 17.6. The van der Waals surface area contributed by atoms with Crippen molar-refractivity contribution >= 4 is 15.7 Å². The second-order valence-electron chi connectivity index (χ2n) is 6.99. The summed E-state index contributed by atoms with van der Waals surface area (Å²) in [5.74, 6) is 0.282. The fourth-order valence-corrected chi connectivity index (χ4v) is 5.62. The molecular weight excluding hydrogens is 328 g/mol. The predicted octanol–water partition coefficient (Wildman–Crippen LogP) is 1.06. The van der Waals surface area contributed by atoms with Crippen molar-refractivity contribution < 1.29 is 17.9 Å². The van der Waals surface area contributed by atoms with Crippen LogP contribution in [0, 0.1) is 11.8 Å². The molecule has 2 atom stereocenters. The lowest BCUT2D eigenvalue weighted by Crippen LogP contribution is -2.53. The Morgan fingerprint density at radius 3 is 2.50 bits per heavy atom. The maximum absolute atomic E-state index is 12.5. The number of hydrogen-bond donors (Lipinski definition) is 1. The van der Waals surface area contributed by atoms with Gasteiger partial charge in [0.15, 0.2) is 9.84 Å². The molecule has 2 rings (SSSR count). The van der Waals surface area contributed by atoms with Crippen LogP contribution < -0.4 is 5.32 Å². The highest BCUT2D eigenvalue weighted by atomic mass is 32.2. The molecule has 7 heteroatoms. The molecular formula is C17H32N2O4S. The topological polar surface area (TPSA) is 75.7 Å². The third kappa shape index (κ3) is 5.43. The van der Waals surface area contributed by atoms with Crippen LogP contribution >= 0.6 is 0 Å². The number of ether oxygens (including phenoxy) is 1. The van der Waals surface area contributed by atoms with E-state index in [0.717, 1.165) is 39.1 Å². The van der Waals surface area contributed by atoms with Gasteiger partial charge in [-0.1, -0.05) is 26.7 Å². The molecule has 0 saturated carbocycles. The summed E-state index contributed by atoms with van der Waals surface area (Å²) in [4.78, 5) is 14.9. The number of rotatable bonds is 7. The molecule has 0 bridgehead atoms. The second-order valence-corrected chi connectivity index (χ2v) is 9.22. The lowest BCUT2D eigenvalue weighted by molar-refractivity contribution is -0.125. The first kappa shape index (κ1) is 19.7. The molecule has 2 unspecified atom stereocenters. The fourth-order valence-electron chi connectivity index (χ4n) is 3.91. The molecule has 0 aliphatic carbocycles. The Labute approximate surface area is 146 Å². The Kier molecular flexibility index (Phi) is 7.50. The molecule has 0 aromatic rings. The Morgan fingerprint density at radius 2 is 1.92 bits per heavy atom. The van der Waals surface area contributed by atoms with E-state index in [1.54, 1.807) is 0 Å². The SMILES string of the molecule is CCC(CC)C(CNC(=O)C1CCCS(=O)(=O)C1)N1CCOCC1. The number of morpholine rings is 1. The molecule has 0 spiro atoms. The van der Waals surface area contributed by atoms with E-state index in [1.807, 2.05) is 0 Å². The summed E-state index contributed by atoms with van der Waals surface area (Å²) < 4.78 is 28.9. The van der Waals surface area contributed by atoms with Crippen molar-refractivity contribution in [3.63, 3.8) is 0 Å². The lowest BCUT2D eigenvalue weighted by Gasteiger charge is -2.39. The van der Waals surface area contributed by atoms with Gasteiger partial charge in [0.05, 0.1) is 30.6 Å². The maximum atomic E-state index is 12.5. The summed E-state index contributed by atoms with van der Waals surface area (Å²) in [6, 6.07) is 0.299. The number of amides is 1. The molecule has 0 aromatic heterocycles. The minimum absolute atomic E-state index is 0.00599. The van der Waals surface area contributed by atoms with Crippen LogP contribution in [0.2, 0.25) is 0 Å². The highest BCUT2D eigenvalue weighted by Gasteiger charge is 2.32. The quantitative estimate of drug-likeness (QED) is 0.735. The summed E-state index contributed by atoms with van der Waals surface area (Å²) in [6.45, 7) is 8.26. The summed E-state index contributed by atoms with van der Waals surface area (Å²) in [5.41, 5.74) is 0. The Bertz CT molecular complexity index is 499. The van der Waals surface area contributed by atoms with E-state index in [0.29, 0.717) is 31.3 Å². The molecule has 6 nitrogen and oxygen atoms in total. The number of nitrogens with zero attached hydrogens (tertiary/aromatic N) is 1. The van der Waals surface area contributed by atoms with Crippen LogP contribution in [0.15, 0.2) is 0 Å². The Hall–Kier alpha value is -0.660. The Balaban J connectivity index is 1.94. The van der Waals surface area contributed by atoms with Crippen molar-refractivity contribution in [1.29, 1.82) is 0 Å². The molecule has 0 radical (unpaired) electrons. The van der Waals surface area contributed by atoms with Gasteiger partial charge in [-0.15, -0.1) is 0 Å². The summed E-state index contributed by atoms with van der Waals surface area (Å²) in [7, 11) is -3.05. The number of nitrogens with one attached hydrogen (secondary N) is 1. The molecule has 140 valence electrons. The van der Waals surface area contributed by atoms with Crippen molar-refractivity contribution in [2.75, 3.05) is 44.4 Å². The number of sulfone groups is 1. The zero-order valence-electron chi connectivity index (χ0n) is 15.0. The van der Waals surface area contributed by atoms with E-state index in [-0.39, 0.29) is 23.3 Å². The summed E-state index contributed by atoms with van der Waals surface area (Å²) >= 11 is 0. The summed E-state index contributed by atoms with van der Waals surface area (Å²) in [5, 5.41) is 3.05. The van der Waals surface area contributed by atoms with Crippen molar-refractivity contribution in [1.82, 2.24) is 10.2 Å². The van der Waals surface area contributed by atoms with Crippen molar-refractivity contribution in [2.45, 2.75) is 45.6 Å². The second kappa shape index (κ2) is 9.15. The number of carbonyl (C=O) groups excluding carboxylic acids is 1. The van der Waals surface area contributed by atoms with Gasteiger partial charge in [0.2, 0.25) is 5.91 Å². The molecule has 2 fully saturated rings. The van der Waals surface area contributed by atoms with Gasteiger partial charge < -0.3 is 10.1 Å². The lowest BCUT2D eigenvalue weighted by atomic mass is 9.92. The first-order chi connectivity index (χ1) is 11.5. The van der Waals surface area contributed by atoms with Crippen LogP contribution in [0.25, 0.3) is 0 Å². The largest absolute Gasteiger partial charge is 0.379 e. The van der Waals surface area contributed by atoms with Gasteiger partial charge >= 0.3 is 0 Å². The van der Waals surface area contributed by atoms with Crippen LogP contribution in [0.1, 0.15) is 39.5 Å². The fraction of sp³-hybridized carbons (Fsp3) is 0.941. The van der Waals surface area contributed by atoms with Crippen LogP contribution in [0.4, 0.5) is 0 Å². The van der Waals surface area contributed by atoms with E-state index in [9.17, 15) is 13.2 Å². The number of hydrogen-bond acceptors (Lipinski definition) is 5. The van der Waals surface area contributed by atoms with Gasteiger partial charge in [0.1, 0.15) is 0 Å². The highest BCUT2D eigenvalue weighted by molar-refractivity contribution is 7.91. The van der Waals surface area contributed by atoms with Gasteiger partial charge in [0.25, 0.3) is 0 Å². The smallest absolute Gasteiger partial charge is 0.224 e. The van der Waals surface area contributed by atoms with Gasteiger partial charge in [-0.25, -0.2) is 8.42 Å². The van der Waals surface area contributed by atoms with Crippen LogP contribution in [0.5, 0.6) is 0 Å². The molecule has 1 N–H and O–H groups in total. The van der Waals surface area contributed by atoms with E-state index in [2.05, 4.69) is 24.1 Å². The molecule has 2 aliphatic heterocycles. The van der Waals surface area contributed by atoms with Crippen LogP contribution in [0.3, 0.4) is 0 Å². The third-order valence-corrected chi connectivity index (χ3v) is 7.25. The summed E-state index contributed by atoms with van der Waals surface area (Å²) in [6.07, 6.45) is 3.43. The maximum Gasteiger partial charge on any atom is 0.224 e. The van der Waals surface area contributed by atoms with Gasteiger partial charge in [-0.05, 0) is 18.8 Å². The van der Waals surface area contributed by atoms with Crippen LogP contribution in [-0.2, 0) is 19.4 Å².